The topological polar surface area (TPSA) is 103 Å². The number of fused-ring (bicyclic) bond motifs is 1. The standard InChI is InChI=1S/C27H33N7O2/c1-5-33-17-19(25(35)31-26(33)36)16-32-12-14-34(15-13-32)21-10-11-28-24-22(21)29-23(30-24)18-6-8-20(9-7-18)27(2,3)4/h6-11,17H,5,12-16H2,1-4H3,(H,28,29,30)(H,31,35,36). The van der Waals surface area contributed by atoms with E-state index in [0.29, 0.717) is 24.3 Å². The highest BCUT2D eigenvalue weighted by Crippen LogP contribution is 2.29. The number of anilines is 1. The van der Waals surface area contributed by atoms with Gasteiger partial charge in [-0.2, -0.15) is 0 Å². The van der Waals surface area contributed by atoms with Crippen LogP contribution in [0, 0.1) is 0 Å². The normalized spacial score (nSPS) is 15.1. The summed E-state index contributed by atoms with van der Waals surface area (Å²) in [6.45, 7) is 12.8. The van der Waals surface area contributed by atoms with Gasteiger partial charge in [0, 0.05) is 62.8 Å². The van der Waals surface area contributed by atoms with Crippen molar-refractivity contribution in [1.82, 2.24) is 29.4 Å². The van der Waals surface area contributed by atoms with Crippen molar-refractivity contribution >= 4 is 16.9 Å². The first kappa shape index (κ1) is 24.0. The van der Waals surface area contributed by atoms with Crippen LogP contribution in [0.3, 0.4) is 0 Å². The second kappa shape index (κ2) is 9.39. The molecule has 1 aliphatic heterocycles. The quantitative estimate of drug-likeness (QED) is 0.448. The summed E-state index contributed by atoms with van der Waals surface area (Å²) in [5, 5.41) is 0. The van der Waals surface area contributed by atoms with Crippen molar-refractivity contribution < 1.29 is 0 Å². The van der Waals surface area contributed by atoms with Gasteiger partial charge >= 0.3 is 5.69 Å². The van der Waals surface area contributed by atoms with E-state index in [-0.39, 0.29) is 16.7 Å². The van der Waals surface area contributed by atoms with Crippen molar-refractivity contribution in [2.45, 2.75) is 46.2 Å². The first-order valence-electron chi connectivity index (χ1n) is 12.5. The maximum atomic E-state index is 12.3. The third kappa shape index (κ3) is 4.70. The van der Waals surface area contributed by atoms with Crippen LogP contribution in [0.25, 0.3) is 22.6 Å². The maximum absolute atomic E-state index is 12.3. The lowest BCUT2D eigenvalue weighted by Crippen LogP contribution is -2.47. The van der Waals surface area contributed by atoms with Crippen LogP contribution in [0.15, 0.2) is 52.3 Å². The van der Waals surface area contributed by atoms with Gasteiger partial charge in [0.25, 0.3) is 5.56 Å². The Morgan fingerprint density at radius 2 is 1.69 bits per heavy atom. The number of rotatable bonds is 5. The molecule has 9 nitrogen and oxygen atoms in total. The van der Waals surface area contributed by atoms with Gasteiger partial charge in [-0.15, -0.1) is 0 Å². The maximum Gasteiger partial charge on any atom is 0.328 e. The number of benzene rings is 1. The first-order chi connectivity index (χ1) is 17.2. The van der Waals surface area contributed by atoms with E-state index in [4.69, 9.17) is 4.98 Å². The third-order valence-electron chi connectivity index (χ3n) is 6.93. The molecular formula is C27H33N7O2. The van der Waals surface area contributed by atoms with E-state index in [9.17, 15) is 9.59 Å². The number of aromatic nitrogens is 5. The molecule has 1 aromatic carbocycles. The molecule has 1 saturated heterocycles. The van der Waals surface area contributed by atoms with E-state index in [2.05, 4.69) is 69.8 Å². The number of pyridine rings is 1. The van der Waals surface area contributed by atoms with Crippen LogP contribution in [0.5, 0.6) is 0 Å². The molecule has 0 aliphatic carbocycles. The summed E-state index contributed by atoms with van der Waals surface area (Å²) in [7, 11) is 0. The lowest BCUT2D eigenvalue weighted by atomic mass is 9.87. The minimum Gasteiger partial charge on any atom is -0.367 e. The van der Waals surface area contributed by atoms with E-state index in [1.54, 1.807) is 6.20 Å². The van der Waals surface area contributed by atoms with Gasteiger partial charge in [0.05, 0.1) is 5.69 Å². The van der Waals surface area contributed by atoms with Crippen LogP contribution in [-0.4, -0.2) is 55.6 Å². The lowest BCUT2D eigenvalue weighted by Gasteiger charge is -2.36. The Morgan fingerprint density at radius 1 is 0.972 bits per heavy atom. The van der Waals surface area contributed by atoms with Crippen LogP contribution >= 0.6 is 0 Å². The number of hydrogen-bond acceptors (Lipinski definition) is 6. The Bertz CT molecular complexity index is 1480. The van der Waals surface area contributed by atoms with Gasteiger partial charge in [-0.25, -0.2) is 14.8 Å². The van der Waals surface area contributed by atoms with E-state index in [1.807, 2.05) is 19.2 Å². The predicted octanol–water partition coefficient (Wildman–Crippen LogP) is 3.11. The van der Waals surface area contributed by atoms with Crippen molar-refractivity contribution in [3.63, 3.8) is 0 Å². The van der Waals surface area contributed by atoms with E-state index in [0.717, 1.165) is 48.8 Å². The lowest BCUT2D eigenvalue weighted by molar-refractivity contribution is 0.248. The summed E-state index contributed by atoms with van der Waals surface area (Å²) in [5.74, 6) is 0.814. The second-order valence-electron chi connectivity index (χ2n) is 10.4. The van der Waals surface area contributed by atoms with Crippen molar-refractivity contribution in [3.8, 4) is 11.4 Å². The Labute approximate surface area is 209 Å². The van der Waals surface area contributed by atoms with E-state index in [1.165, 1.54) is 10.1 Å². The Kier molecular flexibility index (Phi) is 6.26. The van der Waals surface area contributed by atoms with Gasteiger partial charge < -0.3 is 14.5 Å². The molecule has 0 saturated carbocycles. The minimum absolute atomic E-state index is 0.105. The summed E-state index contributed by atoms with van der Waals surface area (Å²) in [6.07, 6.45) is 3.49. The van der Waals surface area contributed by atoms with Crippen molar-refractivity contribution in [1.29, 1.82) is 0 Å². The zero-order valence-electron chi connectivity index (χ0n) is 21.3. The van der Waals surface area contributed by atoms with Gasteiger partial charge in [-0.1, -0.05) is 45.0 Å². The second-order valence-corrected chi connectivity index (χ2v) is 10.4. The van der Waals surface area contributed by atoms with Crippen LogP contribution in [-0.2, 0) is 18.5 Å². The molecule has 1 fully saturated rings. The van der Waals surface area contributed by atoms with Gasteiger partial charge in [0.15, 0.2) is 5.65 Å². The molecule has 0 bridgehead atoms. The Hall–Kier alpha value is -3.72. The number of aromatic amines is 2. The molecule has 188 valence electrons. The molecule has 36 heavy (non-hydrogen) atoms. The third-order valence-corrected chi connectivity index (χ3v) is 6.93. The van der Waals surface area contributed by atoms with Crippen LogP contribution < -0.4 is 16.1 Å². The van der Waals surface area contributed by atoms with E-state index >= 15 is 0 Å². The largest absolute Gasteiger partial charge is 0.367 e. The first-order valence-corrected chi connectivity index (χ1v) is 12.5. The fourth-order valence-electron chi connectivity index (χ4n) is 4.72. The molecular weight excluding hydrogens is 454 g/mol. The SMILES string of the molecule is CCn1cc(CN2CCN(c3ccnc4nc(-c5ccc(C(C)(C)C)cc5)[nH]c34)CC2)c(=O)[nH]c1=O. The highest BCUT2D eigenvalue weighted by molar-refractivity contribution is 5.88. The summed E-state index contributed by atoms with van der Waals surface area (Å²) in [5.41, 5.74) is 5.11. The molecule has 9 heteroatoms. The number of nitrogens with zero attached hydrogens (tertiary/aromatic N) is 5. The molecule has 0 amide bonds. The fourth-order valence-corrected chi connectivity index (χ4v) is 4.72. The molecule has 4 aromatic rings. The molecule has 4 heterocycles. The Balaban J connectivity index is 1.32. The number of aryl methyl sites for hydroxylation is 1. The van der Waals surface area contributed by atoms with Crippen molar-refractivity contribution in [2.75, 3.05) is 31.1 Å². The van der Waals surface area contributed by atoms with Crippen LogP contribution in [0.4, 0.5) is 5.69 Å². The summed E-state index contributed by atoms with van der Waals surface area (Å²) in [6, 6.07) is 10.6. The number of H-pyrrole nitrogens is 2. The molecule has 1 aliphatic rings. The van der Waals surface area contributed by atoms with Crippen LogP contribution in [0.2, 0.25) is 0 Å². The number of nitrogens with one attached hydrogen (secondary N) is 2. The molecule has 0 unspecified atom stereocenters. The minimum atomic E-state index is -0.359. The highest BCUT2D eigenvalue weighted by Gasteiger charge is 2.22. The molecule has 0 spiro atoms. The van der Waals surface area contributed by atoms with Crippen LogP contribution in [0.1, 0.15) is 38.8 Å². The van der Waals surface area contributed by atoms with Crippen molar-refractivity contribution in [3.05, 3.63) is 74.7 Å². The predicted molar refractivity (Wildman–Crippen MR) is 143 cm³/mol. The molecule has 5 rings (SSSR count). The van der Waals surface area contributed by atoms with Gasteiger partial charge in [-0.05, 0) is 24.0 Å². The molecule has 0 atom stereocenters. The smallest absolute Gasteiger partial charge is 0.328 e. The fraction of sp³-hybridized carbons (Fsp3) is 0.407. The zero-order chi connectivity index (χ0) is 25.4. The molecule has 2 N–H and O–H groups in total. The molecule has 0 radical (unpaired) electrons. The monoisotopic (exact) mass is 487 g/mol. The van der Waals surface area contributed by atoms with Gasteiger partial charge in [-0.3, -0.25) is 14.7 Å². The molecule has 3 aromatic heterocycles. The number of hydrogen-bond donors (Lipinski definition) is 2. The summed E-state index contributed by atoms with van der Waals surface area (Å²) in [4.78, 5) is 43.9. The van der Waals surface area contributed by atoms with Gasteiger partial charge in [0.1, 0.15) is 11.3 Å². The average molecular weight is 488 g/mol. The summed E-state index contributed by atoms with van der Waals surface area (Å²) >= 11 is 0. The zero-order valence-corrected chi connectivity index (χ0v) is 21.3. The number of imidazole rings is 1. The Morgan fingerprint density at radius 3 is 2.36 bits per heavy atom. The van der Waals surface area contributed by atoms with Crippen molar-refractivity contribution in [2.24, 2.45) is 0 Å². The average Bonchev–Trinajstić information content (AvgIpc) is 3.30. The number of piperazine rings is 1. The van der Waals surface area contributed by atoms with Gasteiger partial charge in [0.2, 0.25) is 0 Å². The van der Waals surface area contributed by atoms with E-state index < -0.39 is 0 Å². The summed E-state index contributed by atoms with van der Waals surface area (Å²) < 4.78 is 1.53. The highest BCUT2D eigenvalue weighted by atomic mass is 16.2.